The van der Waals surface area contributed by atoms with Gasteiger partial charge in [-0.3, -0.25) is 4.79 Å². The Hall–Kier alpha value is -0.570. The van der Waals surface area contributed by atoms with E-state index in [1.54, 1.807) is 6.07 Å². The maximum atomic E-state index is 10.3. The third kappa shape index (κ3) is 1.42. The summed E-state index contributed by atoms with van der Waals surface area (Å²) in [6, 6.07) is 3.12. The van der Waals surface area contributed by atoms with Crippen molar-refractivity contribution in [2.75, 3.05) is 0 Å². The molecule has 0 N–H and O–H groups in total. The standard InChI is InChI=1S/C6H3BrO2/c1-4(8)5-2-3-6(7)9-5/h1-3H. The average molecular weight is 187 g/mol. The molecule has 1 rings (SSSR count). The van der Waals surface area contributed by atoms with Crippen molar-refractivity contribution in [1.82, 2.24) is 0 Å². The number of carbonyl (C=O) groups excluding carboxylic acids is 1. The van der Waals surface area contributed by atoms with Crippen LogP contribution in [0.2, 0.25) is 0 Å². The molecule has 1 heterocycles. The molecule has 46 valence electrons. The zero-order valence-corrected chi connectivity index (χ0v) is 6.01. The minimum Gasteiger partial charge on any atom is -0.446 e. The van der Waals surface area contributed by atoms with Gasteiger partial charge in [0.05, 0.1) is 0 Å². The predicted octanol–water partition coefficient (Wildman–Crippen LogP) is 1.94. The topological polar surface area (TPSA) is 30.2 Å². The zero-order valence-electron chi connectivity index (χ0n) is 4.43. The number of furan rings is 1. The molecule has 0 amide bonds. The predicted molar refractivity (Wildman–Crippen MR) is 35.0 cm³/mol. The van der Waals surface area contributed by atoms with Crippen LogP contribution in [0.25, 0.3) is 0 Å². The van der Waals surface area contributed by atoms with E-state index in [1.165, 1.54) is 6.07 Å². The van der Waals surface area contributed by atoms with Crippen molar-refractivity contribution in [3.63, 3.8) is 0 Å². The fraction of sp³-hybridized carbons (Fsp3) is 0. The van der Waals surface area contributed by atoms with Crippen LogP contribution in [-0.2, 0) is 0 Å². The molecule has 0 atom stereocenters. The minimum absolute atomic E-state index is 0.168. The number of halogens is 1. The Morgan fingerprint density at radius 2 is 2.33 bits per heavy atom. The number of hydrogen-bond acceptors (Lipinski definition) is 2. The van der Waals surface area contributed by atoms with Gasteiger partial charge in [0.25, 0.3) is 0 Å². The molecule has 3 heteroatoms. The van der Waals surface area contributed by atoms with Crippen LogP contribution in [0, 0.1) is 6.92 Å². The molecule has 0 aliphatic carbocycles. The lowest BCUT2D eigenvalue weighted by Gasteiger charge is -1.81. The monoisotopic (exact) mass is 186 g/mol. The van der Waals surface area contributed by atoms with E-state index in [9.17, 15) is 4.79 Å². The number of hydrogen-bond donors (Lipinski definition) is 0. The fourth-order valence-corrected chi connectivity index (χ4v) is 0.753. The van der Waals surface area contributed by atoms with E-state index in [4.69, 9.17) is 11.3 Å². The summed E-state index contributed by atoms with van der Waals surface area (Å²) in [7, 11) is 0. The summed E-state index contributed by atoms with van der Waals surface area (Å²) >= 11 is 3.03. The first-order valence-electron chi connectivity index (χ1n) is 2.25. The van der Waals surface area contributed by atoms with E-state index in [0.29, 0.717) is 4.67 Å². The van der Waals surface area contributed by atoms with Crippen molar-refractivity contribution in [2.45, 2.75) is 0 Å². The Balaban J connectivity index is 2.98. The largest absolute Gasteiger partial charge is 0.446 e. The summed E-state index contributed by atoms with van der Waals surface area (Å²) in [6.45, 7) is 4.87. The number of rotatable bonds is 1. The highest BCUT2D eigenvalue weighted by molar-refractivity contribution is 9.10. The van der Waals surface area contributed by atoms with E-state index in [1.807, 2.05) is 0 Å². The first kappa shape index (κ1) is 6.55. The second kappa shape index (κ2) is 2.35. The molecule has 0 fully saturated rings. The average Bonchev–Trinajstić information content (AvgIpc) is 2.14. The van der Waals surface area contributed by atoms with E-state index in [-0.39, 0.29) is 5.76 Å². The van der Waals surface area contributed by atoms with E-state index in [2.05, 4.69) is 15.9 Å². The van der Waals surface area contributed by atoms with Crippen LogP contribution in [0.5, 0.6) is 0 Å². The van der Waals surface area contributed by atoms with Crippen molar-refractivity contribution in [3.8, 4) is 0 Å². The SMILES string of the molecule is [CH]C(=O)c1ccc(Br)o1. The summed E-state index contributed by atoms with van der Waals surface area (Å²) < 4.78 is 5.30. The highest BCUT2D eigenvalue weighted by Gasteiger charge is 2.02. The maximum absolute atomic E-state index is 10.3. The number of ketones is 1. The molecule has 9 heavy (non-hydrogen) atoms. The van der Waals surface area contributed by atoms with E-state index in [0.717, 1.165) is 0 Å². The van der Waals surface area contributed by atoms with Gasteiger partial charge in [-0.25, -0.2) is 0 Å². The molecule has 0 aliphatic rings. The Labute approximate surface area is 61.0 Å². The molecule has 2 radical (unpaired) electrons. The zero-order chi connectivity index (χ0) is 6.85. The van der Waals surface area contributed by atoms with Gasteiger partial charge in [-0.05, 0) is 28.1 Å². The first-order valence-corrected chi connectivity index (χ1v) is 3.04. The highest BCUT2D eigenvalue weighted by Crippen LogP contribution is 2.13. The van der Waals surface area contributed by atoms with Crippen molar-refractivity contribution in [1.29, 1.82) is 0 Å². The van der Waals surface area contributed by atoms with Crippen molar-refractivity contribution < 1.29 is 9.21 Å². The molecule has 1 aromatic rings. The van der Waals surface area contributed by atoms with Gasteiger partial charge < -0.3 is 4.42 Å². The Bertz CT molecular complexity index is 227. The molecule has 0 saturated carbocycles. The smallest absolute Gasteiger partial charge is 0.202 e. The second-order valence-electron chi connectivity index (χ2n) is 1.47. The lowest BCUT2D eigenvalue weighted by molar-refractivity contribution is 0.101. The summed E-state index contributed by atoms with van der Waals surface area (Å²) in [5, 5.41) is 0. The van der Waals surface area contributed by atoms with Crippen molar-refractivity contribution >= 4 is 21.7 Å². The van der Waals surface area contributed by atoms with Gasteiger partial charge in [-0.1, -0.05) is 0 Å². The second-order valence-corrected chi connectivity index (χ2v) is 2.25. The lowest BCUT2D eigenvalue weighted by Crippen LogP contribution is -1.86. The van der Waals surface area contributed by atoms with Gasteiger partial charge in [0.1, 0.15) is 0 Å². The molecular formula is C6H3BrO2. The normalized spacial score (nSPS) is 9.56. The van der Waals surface area contributed by atoms with Crippen LogP contribution >= 0.6 is 15.9 Å². The summed E-state index contributed by atoms with van der Waals surface area (Å²) in [5.74, 6) is -0.387. The molecule has 0 spiro atoms. The van der Waals surface area contributed by atoms with Gasteiger partial charge in [0.15, 0.2) is 10.4 Å². The maximum Gasteiger partial charge on any atom is 0.202 e. The first-order chi connectivity index (χ1) is 4.20. The third-order valence-corrected chi connectivity index (χ3v) is 1.24. The van der Waals surface area contributed by atoms with Crippen LogP contribution in [0.3, 0.4) is 0 Å². The Kier molecular flexibility index (Phi) is 1.71. The molecular weight excluding hydrogens is 184 g/mol. The fourth-order valence-electron chi connectivity index (χ4n) is 0.447. The molecule has 0 unspecified atom stereocenters. The van der Waals surface area contributed by atoms with E-state index >= 15 is 0 Å². The molecule has 0 aliphatic heterocycles. The van der Waals surface area contributed by atoms with Crippen LogP contribution in [-0.4, -0.2) is 5.78 Å². The third-order valence-electron chi connectivity index (χ3n) is 0.816. The van der Waals surface area contributed by atoms with Crippen molar-refractivity contribution in [2.24, 2.45) is 0 Å². The molecule has 0 bridgehead atoms. The lowest BCUT2D eigenvalue weighted by atomic mass is 10.3. The van der Waals surface area contributed by atoms with Gasteiger partial charge in [0.2, 0.25) is 5.78 Å². The quantitative estimate of drug-likeness (QED) is 0.628. The van der Waals surface area contributed by atoms with E-state index < -0.39 is 5.78 Å². The number of carbonyl (C=O) groups is 1. The van der Waals surface area contributed by atoms with Gasteiger partial charge >= 0.3 is 0 Å². The highest BCUT2D eigenvalue weighted by atomic mass is 79.9. The summed E-state index contributed by atoms with van der Waals surface area (Å²) in [5.41, 5.74) is 0. The van der Waals surface area contributed by atoms with Crippen LogP contribution < -0.4 is 0 Å². The number of Topliss-reactive ketones (excluding diaryl/α,β-unsaturated/α-hetero) is 1. The van der Waals surface area contributed by atoms with Crippen LogP contribution in [0.4, 0.5) is 0 Å². The van der Waals surface area contributed by atoms with Gasteiger partial charge in [-0.15, -0.1) is 0 Å². The summed E-state index contributed by atoms with van der Waals surface area (Å²) in [4.78, 5) is 10.3. The molecule has 2 nitrogen and oxygen atoms in total. The van der Waals surface area contributed by atoms with Crippen LogP contribution in [0.15, 0.2) is 21.2 Å². The van der Waals surface area contributed by atoms with Crippen molar-refractivity contribution in [3.05, 3.63) is 29.5 Å². The Morgan fingerprint density at radius 1 is 1.67 bits per heavy atom. The molecule has 0 saturated heterocycles. The van der Waals surface area contributed by atoms with Crippen LogP contribution in [0.1, 0.15) is 10.6 Å². The summed E-state index contributed by atoms with van der Waals surface area (Å²) in [6.07, 6.45) is 0. The molecule has 1 aromatic heterocycles. The van der Waals surface area contributed by atoms with Gasteiger partial charge in [-0.2, -0.15) is 0 Å². The molecule has 0 aromatic carbocycles. The van der Waals surface area contributed by atoms with Gasteiger partial charge in [0, 0.05) is 6.92 Å². The Morgan fingerprint density at radius 3 is 2.56 bits per heavy atom. The minimum atomic E-state index is -0.555.